The summed E-state index contributed by atoms with van der Waals surface area (Å²) in [7, 11) is 0. The van der Waals surface area contributed by atoms with Gasteiger partial charge in [0.2, 0.25) is 47.3 Å². The van der Waals surface area contributed by atoms with Crippen LogP contribution >= 0.6 is 0 Å². The maximum absolute atomic E-state index is 14.2. The summed E-state index contributed by atoms with van der Waals surface area (Å²) in [5.41, 5.74) is 28.7. The third kappa shape index (κ3) is 26.2. The van der Waals surface area contributed by atoms with Crippen molar-refractivity contribution in [1.82, 2.24) is 52.5 Å². The Kier molecular flexibility index (Phi) is 28.6. The Morgan fingerprint density at radius 2 is 0.986 bits per heavy atom. The lowest BCUT2D eigenvalue weighted by Crippen LogP contribution is -2.61. The fourth-order valence-corrected chi connectivity index (χ4v) is 7.05. The van der Waals surface area contributed by atoms with Crippen LogP contribution in [0.15, 0.2) is 22.5 Å². The predicted octanol–water partition coefficient (Wildman–Crippen LogP) is -3.59. The van der Waals surface area contributed by atoms with Gasteiger partial charge in [0.15, 0.2) is 11.9 Å². The van der Waals surface area contributed by atoms with Gasteiger partial charge in [-0.05, 0) is 68.6 Å². The molecule has 0 aliphatic rings. The molecule has 1 aromatic rings. The van der Waals surface area contributed by atoms with E-state index in [1.807, 2.05) is 27.7 Å². The van der Waals surface area contributed by atoms with E-state index in [4.69, 9.17) is 33.8 Å². The van der Waals surface area contributed by atoms with E-state index >= 15 is 0 Å². The number of rotatable bonds is 34. The summed E-state index contributed by atoms with van der Waals surface area (Å²) in [5, 5.41) is 29.6. The molecule has 0 radical (unpaired) electrons. The number of aromatic nitrogens is 2. The van der Waals surface area contributed by atoms with Crippen molar-refractivity contribution in [3.05, 3.63) is 18.2 Å². The maximum atomic E-state index is 14.2. The van der Waals surface area contributed by atoms with Crippen molar-refractivity contribution in [3.8, 4) is 0 Å². The fraction of sp³-hybridized carbons (Fsp3) is 0.689. The molecule has 1 rings (SSSR count). The predicted molar refractivity (Wildman–Crippen MR) is 269 cm³/mol. The number of nitrogens with two attached hydrogens (primary N) is 5. The van der Waals surface area contributed by atoms with Gasteiger partial charge in [-0.2, -0.15) is 0 Å². The van der Waals surface area contributed by atoms with Gasteiger partial charge in [-0.3, -0.25) is 53.1 Å². The van der Waals surface area contributed by atoms with E-state index in [-0.39, 0.29) is 94.1 Å². The van der Waals surface area contributed by atoms with E-state index in [1.54, 1.807) is 27.7 Å². The summed E-state index contributed by atoms with van der Waals surface area (Å²) < 4.78 is 0. The average molecular weight is 1020 g/mol. The standard InChI is InChI=1S/C45H81N17O10/c1-23(2)15-31(40(69)57-29(11-9-13-52-44(47)48)38(67)55-20-34(63)54-21-35(64)65)60-39(68)30(12-10-14-53-45(49)50)58-41(70)32(16-24(3)4)61-43(72)36(26(7)8)62-42(71)33(17-25(5)6)59-37(66)28(46)18-27-19-51-22-56-27/h19,22-26,28-33,36H,9-18,20-21,46H2,1-8H3,(H,51,56)(H,54,63)(H,55,67)(H,57,69)(H,58,70)(H,59,66)(H,60,68)(H,61,72)(H,62,71)(H,64,65)(H4,47,48,52)(H4,49,50,53)/t28-,29-,30-,31-,32-,33-,36-/m0/s1. The van der Waals surface area contributed by atoms with Crippen molar-refractivity contribution in [3.63, 3.8) is 0 Å². The number of amides is 8. The Morgan fingerprint density at radius 3 is 1.40 bits per heavy atom. The van der Waals surface area contributed by atoms with E-state index in [2.05, 4.69) is 62.5 Å². The van der Waals surface area contributed by atoms with Crippen molar-refractivity contribution >= 4 is 65.1 Å². The Morgan fingerprint density at radius 1 is 0.569 bits per heavy atom. The molecule has 27 heteroatoms. The molecule has 0 aromatic carbocycles. The van der Waals surface area contributed by atoms with Crippen molar-refractivity contribution < 1.29 is 48.3 Å². The molecular weight excluding hydrogens is 939 g/mol. The maximum Gasteiger partial charge on any atom is 0.322 e. The zero-order chi connectivity index (χ0) is 54.7. The molecule has 20 N–H and O–H groups in total. The smallest absolute Gasteiger partial charge is 0.322 e. The number of carboxylic acid groups (broad SMARTS) is 1. The first kappa shape index (κ1) is 63.0. The van der Waals surface area contributed by atoms with E-state index in [0.717, 1.165) is 0 Å². The number of nitrogens with zero attached hydrogens (tertiary/aromatic N) is 3. The number of aliphatic carboxylic acids is 1. The topological polar surface area (TPSA) is 454 Å². The molecule has 0 saturated heterocycles. The van der Waals surface area contributed by atoms with E-state index in [9.17, 15) is 43.2 Å². The van der Waals surface area contributed by atoms with Crippen LogP contribution < -0.4 is 71.2 Å². The van der Waals surface area contributed by atoms with Crippen LogP contribution in [0.5, 0.6) is 0 Å². The van der Waals surface area contributed by atoms with Gasteiger partial charge in [0, 0.05) is 31.4 Å². The summed E-state index contributed by atoms with van der Waals surface area (Å²) in [6.07, 6.45) is 3.85. The van der Waals surface area contributed by atoms with Crippen LogP contribution in [0, 0.1) is 23.7 Å². The summed E-state index contributed by atoms with van der Waals surface area (Å²) >= 11 is 0. The number of aliphatic imine (C=N–C) groups is 2. The molecule has 0 aliphatic carbocycles. The highest BCUT2D eigenvalue weighted by Gasteiger charge is 2.35. The number of hydrogen-bond acceptors (Lipinski definition) is 13. The summed E-state index contributed by atoms with van der Waals surface area (Å²) in [5.74, 6) is -8.44. The number of aromatic amines is 1. The molecule has 406 valence electrons. The van der Waals surface area contributed by atoms with Gasteiger partial charge in [-0.1, -0.05) is 55.4 Å². The van der Waals surface area contributed by atoms with Crippen molar-refractivity contribution in [2.45, 2.75) is 149 Å². The number of nitrogens with one attached hydrogen (secondary N) is 9. The molecular formula is C45H81N17O10. The number of carboxylic acids is 1. The van der Waals surface area contributed by atoms with Gasteiger partial charge in [-0.25, -0.2) is 4.98 Å². The lowest BCUT2D eigenvalue weighted by molar-refractivity contribution is -0.138. The highest BCUT2D eigenvalue weighted by molar-refractivity contribution is 5.97. The first-order chi connectivity index (χ1) is 33.7. The van der Waals surface area contributed by atoms with E-state index in [0.29, 0.717) is 5.69 Å². The number of hydrogen-bond donors (Lipinski definition) is 15. The van der Waals surface area contributed by atoms with Crippen LogP contribution in [0.2, 0.25) is 0 Å². The second kappa shape index (κ2) is 32.8. The normalized spacial score (nSPS) is 14.1. The SMILES string of the molecule is CC(C)C[C@H](NC(=O)[C@H](CCCN=C(N)N)NC(=O)[C@H](CC(C)C)NC(=O)[C@@H](NC(=O)[C@H](CC(C)C)NC(=O)[C@@H](N)Cc1cnc[nH]1)C(C)C)C(=O)N[C@@H](CCCN=C(N)N)C(=O)NCC(=O)NCC(=O)O. The second-order valence-electron chi connectivity index (χ2n) is 19.1. The van der Waals surface area contributed by atoms with Gasteiger partial charge in [0.1, 0.15) is 42.8 Å². The molecule has 1 aromatic heterocycles. The molecule has 0 saturated carbocycles. The van der Waals surface area contributed by atoms with Gasteiger partial charge < -0.3 is 81.3 Å². The zero-order valence-corrected chi connectivity index (χ0v) is 42.8. The zero-order valence-electron chi connectivity index (χ0n) is 42.8. The lowest BCUT2D eigenvalue weighted by Gasteiger charge is -2.30. The van der Waals surface area contributed by atoms with Crippen LogP contribution in [0.1, 0.15) is 106 Å². The van der Waals surface area contributed by atoms with Crippen LogP contribution in [0.25, 0.3) is 0 Å². The number of carbonyl (C=O) groups excluding carboxylic acids is 8. The molecule has 1 heterocycles. The van der Waals surface area contributed by atoms with Crippen molar-refractivity contribution in [2.75, 3.05) is 26.2 Å². The minimum atomic E-state index is -1.32. The van der Waals surface area contributed by atoms with Crippen LogP contribution in [-0.2, 0) is 49.6 Å². The van der Waals surface area contributed by atoms with E-state index < -0.39 is 115 Å². The molecule has 7 atom stereocenters. The number of guanidine groups is 2. The quantitative estimate of drug-likeness (QED) is 0.0180. The van der Waals surface area contributed by atoms with Crippen LogP contribution in [0.3, 0.4) is 0 Å². The Balaban J connectivity index is 3.43. The number of imidazole rings is 1. The van der Waals surface area contributed by atoms with E-state index in [1.165, 1.54) is 12.5 Å². The Hall–Kier alpha value is -7.06. The molecule has 0 spiro atoms. The minimum absolute atomic E-state index is 0.0156. The third-order valence-electron chi connectivity index (χ3n) is 10.6. The number of H-pyrrole nitrogens is 1. The molecule has 0 bridgehead atoms. The summed E-state index contributed by atoms with van der Waals surface area (Å²) in [6.45, 7) is 13.2. The molecule has 0 aliphatic heterocycles. The Labute approximate surface area is 420 Å². The minimum Gasteiger partial charge on any atom is -0.480 e. The second-order valence-corrected chi connectivity index (χ2v) is 19.1. The first-order valence-corrected chi connectivity index (χ1v) is 24.1. The van der Waals surface area contributed by atoms with Gasteiger partial charge >= 0.3 is 5.97 Å². The summed E-state index contributed by atoms with van der Waals surface area (Å²) in [4.78, 5) is 135. The third-order valence-corrected chi connectivity index (χ3v) is 10.6. The van der Waals surface area contributed by atoms with Crippen LogP contribution in [-0.4, -0.2) is 149 Å². The molecule has 0 unspecified atom stereocenters. The molecule has 27 nitrogen and oxygen atoms in total. The highest BCUT2D eigenvalue weighted by atomic mass is 16.4. The monoisotopic (exact) mass is 1020 g/mol. The largest absolute Gasteiger partial charge is 0.480 e. The van der Waals surface area contributed by atoms with Crippen LogP contribution in [0.4, 0.5) is 0 Å². The Bertz CT molecular complexity index is 1990. The van der Waals surface area contributed by atoms with Crippen molar-refractivity contribution in [2.24, 2.45) is 62.3 Å². The van der Waals surface area contributed by atoms with Gasteiger partial charge in [-0.15, -0.1) is 0 Å². The molecule has 8 amide bonds. The average Bonchev–Trinajstić information content (AvgIpc) is 3.79. The fourth-order valence-electron chi connectivity index (χ4n) is 7.05. The highest BCUT2D eigenvalue weighted by Crippen LogP contribution is 2.13. The van der Waals surface area contributed by atoms with Gasteiger partial charge in [0.05, 0.1) is 18.9 Å². The van der Waals surface area contributed by atoms with Gasteiger partial charge in [0.25, 0.3) is 0 Å². The molecule has 0 fully saturated rings. The first-order valence-electron chi connectivity index (χ1n) is 24.1. The lowest BCUT2D eigenvalue weighted by atomic mass is 9.98. The van der Waals surface area contributed by atoms with Crippen molar-refractivity contribution in [1.29, 1.82) is 0 Å². The number of carbonyl (C=O) groups is 9. The molecule has 72 heavy (non-hydrogen) atoms. The summed E-state index contributed by atoms with van der Waals surface area (Å²) in [6, 6.07) is -8.31.